The summed E-state index contributed by atoms with van der Waals surface area (Å²) in [6.45, 7) is 3.71. The Bertz CT molecular complexity index is 788. The van der Waals surface area contributed by atoms with E-state index in [-0.39, 0.29) is 11.9 Å². The predicted molar refractivity (Wildman–Crippen MR) is 98.1 cm³/mol. The summed E-state index contributed by atoms with van der Waals surface area (Å²) in [5.74, 6) is 1.56. The number of fused-ring (bicyclic) bond motifs is 5. The van der Waals surface area contributed by atoms with Crippen molar-refractivity contribution in [2.75, 3.05) is 19.6 Å². The summed E-state index contributed by atoms with van der Waals surface area (Å²) >= 11 is 1.65. The molecule has 3 aliphatic heterocycles. The van der Waals surface area contributed by atoms with E-state index in [0.717, 1.165) is 75.3 Å². The maximum atomic E-state index is 13.3. The minimum absolute atomic E-state index is 0.0853. The summed E-state index contributed by atoms with van der Waals surface area (Å²) in [5, 5.41) is 6.30. The predicted octanol–water partition coefficient (Wildman–Crippen LogP) is 2.75. The van der Waals surface area contributed by atoms with E-state index in [0.29, 0.717) is 11.6 Å². The number of hydrogen-bond acceptors (Lipinski definition) is 6. The van der Waals surface area contributed by atoms with Gasteiger partial charge in [0.1, 0.15) is 5.76 Å². The number of piperidine rings is 1. The lowest BCUT2D eigenvalue weighted by molar-refractivity contribution is 0.0573. The highest BCUT2D eigenvalue weighted by molar-refractivity contribution is 7.07. The SMILES string of the molecule is O=C(c1noc2c1CCCC2)N1C[C@H]2CC[C@@H]1CN(Cc1cscn1)C2. The second kappa shape index (κ2) is 6.78. The van der Waals surface area contributed by atoms with Crippen LogP contribution in [0.15, 0.2) is 15.4 Å². The van der Waals surface area contributed by atoms with Gasteiger partial charge in [0.05, 0.1) is 11.2 Å². The zero-order valence-corrected chi connectivity index (χ0v) is 15.7. The molecule has 138 valence electrons. The van der Waals surface area contributed by atoms with Crippen molar-refractivity contribution in [3.05, 3.63) is 33.6 Å². The van der Waals surface area contributed by atoms with Crippen molar-refractivity contribution >= 4 is 17.2 Å². The Balaban J connectivity index is 1.35. The first-order chi connectivity index (χ1) is 12.8. The zero-order valence-electron chi connectivity index (χ0n) is 14.9. The molecule has 2 aromatic rings. The molecule has 0 aromatic carbocycles. The van der Waals surface area contributed by atoms with Gasteiger partial charge >= 0.3 is 0 Å². The van der Waals surface area contributed by atoms with Crippen LogP contribution in [0.3, 0.4) is 0 Å². The van der Waals surface area contributed by atoms with E-state index >= 15 is 0 Å². The molecular weight excluding hydrogens is 348 g/mol. The largest absolute Gasteiger partial charge is 0.360 e. The first-order valence-corrected chi connectivity index (χ1v) is 10.6. The summed E-state index contributed by atoms with van der Waals surface area (Å²) in [7, 11) is 0. The van der Waals surface area contributed by atoms with Crippen LogP contribution in [0.5, 0.6) is 0 Å². The van der Waals surface area contributed by atoms with Crippen LogP contribution >= 0.6 is 11.3 Å². The van der Waals surface area contributed by atoms with Crippen molar-refractivity contribution in [1.82, 2.24) is 19.9 Å². The number of thiazole rings is 1. The average Bonchev–Trinajstić information content (AvgIpc) is 3.24. The molecule has 4 aliphatic rings. The Labute approximate surface area is 157 Å². The fourth-order valence-corrected chi connectivity index (χ4v) is 5.34. The Kier molecular flexibility index (Phi) is 4.29. The standard InChI is InChI=1S/C19H24N4O2S/c24-19(18-16-3-1-2-4-17(16)25-21-18)23-8-13-5-6-15(23)10-22(7-13)9-14-11-26-12-20-14/h11-13,15H,1-10H2/t13-,15+/m0/s1. The third-order valence-electron chi connectivity index (χ3n) is 6.07. The van der Waals surface area contributed by atoms with Gasteiger partial charge in [0.15, 0.2) is 5.69 Å². The Morgan fingerprint density at radius 1 is 1.23 bits per heavy atom. The first kappa shape index (κ1) is 16.4. The Hall–Kier alpha value is -1.73. The van der Waals surface area contributed by atoms with Crippen LogP contribution in [-0.2, 0) is 19.4 Å². The number of amides is 1. The van der Waals surface area contributed by atoms with Crippen molar-refractivity contribution in [3.8, 4) is 0 Å². The van der Waals surface area contributed by atoms with E-state index in [4.69, 9.17) is 4.52 Å². The fraction of sp³-hybridized carbons (Fsp3) is 0.632. The molecule has 7 heteroatoms. The molecule has 6 nitrogen and oxygen atoms in total. The first-order valence-electron chi connectivity index (χ1n) is 9.65. The van der Waals surface area contributed by atoms with Gasteiger partial charge in [-0.2, -0.15) is 0 Å². The van der Waals surface area contributed by atoms with Gasteiger partial charge in [-0.3, -0.25) is 9.69 Å². The van der Waals surface area contributed by atoms with Gasteiger partial charge in [-0.15, -0.1) is 11.3 Å². The molecule has 3 saturated heterocycles. The van der Waals surface area contributed by atoms with Crippen LogP contribution in [0, 0.1) is 5.92 Å². The van der Waals surface area contributed by atoms with E-state index in [2.05, 4.69) is 25.3 Å². The van der Waals surface area contributed by atoms with Gasteiger partial charge in [0.2, 0.25) is 0 Å². The molecule has 0 saturated carbocycles. The number of hydrogen-bond donors (Lipinski definition) is 0. The monoisotopic (exact) mass is 372 g/mol. The zero-order chi connectivity index (χ0) is 17.5. The lowest BCUT2D eigenvalue weighted by atomic mass is 9.93. The fourth-order valence-electron chi connectivity index (χ4n) is 4.79. The number of aromatic nitrogens is 2. The van der Waals surface area contributed by atoms with E-state index in [1.165, 1.54) is 6.42 Å². The minimum atomic E-state index is 0.0853. The summed E-state index contributed by atoms with van der Waals surface area (Å²) < 4.78 is 5.49. The van der Waals surface area contributed by atoms with E-state index < -0.39 is 0 Å². The highest BCUT2D eigenvalue weighted by Crippen LogP contribution is 2.32. The molecule has 1 amide bonds. The lowest BCUT2D eigenvalue weighted by Gasteiger charge is -2.36. The van der Waals surface area contributed by atoms with Gasteiger partial charge < -0.3 is 9.42 Å². The van der Waals surface area contributed by atoms with E-state index in [1.807, 2.05) is 5.51 Å². The van der Waals surface area contributed by atoms with Crippen LogP contribution in [-0.4, -0.2) is 51.5 Å². The third kappa shape index (κ3) is 2.97. The number of carbonyl (C=O) groups is 1. The molecule has 2 aromatic heterocycles. The summed E-state index contributed by atoms with van der Waals surface area (Å²) in [6, 6.07) is 0.274. The molecular formula is C19H24N4O2S. The van der Waals surface area contributed by atoms with Gasteiger partial charge in [-0.05, 0) is 38.0 Å². The molecule has 2 atom stereocenters. The Morgan fingerprint density at radius 3 is 3.04 bits per heavy atom. The Morgan fingerprint density at radius 2 is 2.15 bits per heavy atom. The smallest absolute Gasteiger partial charge is 0.276 e. The van der Waals surface area contributed by atoms with Gasteiger partial charge in [-0.1, -0.05) is 5.16 Å². The molecule has 0 radical (unpaired) electrons. The van der Waals surface area contributed by atoms with E-state index in [9.17, 15) is 4.79 Å². The van der Waals surface area contributed by atoms with Crippen molar-refractivity contribution in [2.45, 2.75) is 51.1 Å². The van der Waals surface area contributed by atoms with Crippen LogP contribution in [0.25, 0.3) is 0 Å². The molecule has 1 aliphatic carbocycles. The van der Waals surface area contributed by atoms with Crippen molar-refractivity contribution in [1.29, 1.82) is 0 Å². The summed E-state index contributed by atoms with van der Waals surface area (Å²) in [6.07, 6.45) is 6.40. The van der Waals surface area contributed by atoms with Crippen LogP contribution in [0.4, 0.5) is 0 Å². The number of carbonyl (C=O) groups excluding carboxylic acids is 1. The van der Waals surface area contributed by atoms with Crippen LogP contribution < -0.4 is 0 Å². The summed E-state index contributed by atoms with van der Waals surface area (Å²) in [4.78, 5) is 22.3. The second-order valence-corrected chi connectivity index (χ2v) is 8.59. The minimum Gasteiger partial charge on any atom is -0.360 e. The highest BCUT2D eigenvalue weighted by atomic mass is 32.1. The van der Waals surface area contributed by atoms with Crippen molar-refractivity contribution in [3.63, 3.8) is 0 Å². The third-order valence-corrected chi connectivity index (χ3v) is 6.71. The maximum Gasteiger partial charge on any atom is 0.276 e. The molecule has 5 heterocycles. The van der Waals surface area contributed by atoms with Gasteiger partial charge in [0.25, 0.3) is 5.91 Å². The van der Waals surface area contributed by atoms with Crippen LogP contribution in [0.2, 0.25) is 0 Å². The topological polar surface area (TPSA) is 62.5 Å². The quantitative estimate of drug-likeness (QED) is 0.829. The lowest BCUT2D eigenvalue weighted by Crippen LogP contribution is -2.47. The molecule has 0 unspecified atom stereocenters. The van der Waals surface area contributed by atoms with Gasteiger partial charge in [-0.25, -0.2) is 4.98 Å². The number of nitrogens with zero attached hydrogens (tertiary/aromatic N) is 4. The molecule has 6 rings (SSSR count). The molecule has 3 fully saturated rings. The number of rotatable bonds is 3. The molecule has 0 spiro atoms. The second-order valence-electron chi connectivity index (χ2n) is 7.87. The maximum absolute atomic E-state index is 13.3. The normalized spacial score (nSPS) is 25.9. The highest BCUT2D eigenvalue weighted by Gasteiger charge is 2.39. The number of aryl methyl sites for hydroxylation is 1. The molecule has 26 heavy (non-hydrogen) atoms. The van der Waals surface area contributed by atoms with E-state index in [1.54, 1.807) is 11.3 Å². The molecule has 0 N–H and O–H groups in total. The average molecular weight is 372 g/mol. The van der Waals surface area contributed by atoms with Gasteiger partial charge in [0, 0.05) is 49.6 Å². The van der Waals surface area contributed by atoms with Crippen molar-refractivity contribution in [2.24, 2.45) is 5.92 Å². The van der Waals surface area contributed by atoms with Crippen molar-refractivity contribution < 1.29 is 9.32 Å². The van der Waals surface area contributed by atoms with Crippen LogP contribution in [0.1, 0.15) is 53.2 Å². The molecule has 2 bridgehead atoms. The summed E-state index contributed by atoms with van der Waals surface area (Å²) in [5.41, 5.74) is 4.68.